The van der Waals surface area contributed by atoms with Crippen LogP contribution in [-0.4, -0.2) is 9.97 Å². The van der Waals surface area contributed by atoms with Crippen molar-refractivity contribution in [1.82, 2.24) is 9.97 Å². The van der Waals surface area contributed by atoms with E-state index >= 15 is 0 Å². The van der Waals surface area contributed by atoms with Gasteiger partial charge in [0.15, 0.2) is 5.82 Å². The van der Waals surface area contributed by atoms with Crippen LogP contribution in [0.5, 0.6) is 0 Å². The third-order valence-electron chi connectivity index (χ3n) is 4.74. The molecule has 0 saturated heterocycles. The third kappa shape index (κ3) is 4.02. The lowest BCUT2D eigenvalue weighted by atomic mass is 9.79. The minimum Gasteiger partial charge on any atom is -0.236 e. The number of allylic oxidation sites excluding steroid dienone is 2. The molecule has 1 fully saturated rings. The Labute approximate surface area is 147 Å². The normalized spacial score (nSPS) is 21.3. The van der Waals surface area contributed by atoms with Gasteiger partial charge < -0.3 is 0 Å². The number of nitrogens with zero attached hydrogens (tertiary/aromatic N) is 2. The molecular weight excluding hydrogens is 323 g/mol. The van der Waals surface area contributed by atoms with Crippen LogP contribution < -0.4 is 0 Å². The first-order valence-corrected chi connectivity index (χ1v) is 8.99. The van der Waals surface area contributed by atoms with Gasteiger partial charge in [-0.2, -0.15) is 0 Å². The van der Waals surface area contributed by atoms with Crippen LogP contribution in [0.15, 0.2) is 42.7 Å². The lowest BCUT2D eigenvalue weighted by Crippen LogP contribution is -2.12. The Morgan fingerprint density at radius 1 is 1.17 bits per heavy atom. The van der Waals surface area contributed by atoms with Crippen molar-refractivity contribution in [3.63, 3.8) is 0 Å². The number of hydrogen-bond acceptors (Lipinski definition) is 2. The maximum absolute atomic E-state index is 13.3. The fourth-order valence-corrected chi connectivity index (χ4v) is 3.49. The molecule has 1 heterocycles. The van der Waals surface area contributed by atoms with E-state index in [0.29, 0.717) is 11.7 Å². The zero-order valence-electron chi connectivity index (χ0n) is 13.9. The molecule has 0 atom stereocenters. The molecule has 0 N–H and O–H groups in total. The summed E-state index contributed by atoms with van der Waals surface area (Å²) in [4.78, 5) is 8.91. The number of benzene rings is 1. The van der Waals surface area contributed by atoms with Gasteiger partial charge in [0, 0.05) is 18.0 Å². The Balaban J connectivity index is 1.67. The first kappa shape index (κ1) is 17.1. The van der Waals surface area contributed by atoms with Crippen molar-refractivity contribution < 1.29 is 4.39 Å². The Kier molecular flexibility index (Phi) is 5.62. The fraction of sp³-hybridized carbons (Fsp3) is 0.400. The van der Waals surface area contributed by atoms with E-state index in [-0.39, 0.29) is 5.02 Å². The molecule has 2 nitrogen and oxygen atoms in total. The average molecular weight is 345 g/mol. The molecule has 0 unspecified atom stereocenters. The molecular formula is C20H22ClFN2. The molecule has 24 heavy (non-hydrogen) atoms. The van der Waals surface area contributed by atoms with Crippen LogP contribution in [0.25, 0.3) is 11.4 Å². The summed E-state index contributed by atoms with van der Waals surface area (Å²) in [5, 5.41) is 0.0960. The lowest BCUT2D eigenvalue weighted by molar-refractivity contribution is 0.374. The Morgan fingerprint density at radius 3 is 2.50 bits per heavy atom. The van der Waals surface area contributed by atoms with Crippen molar-refractivity contribution in [1.29, 1.82) is 0 Å². The summed E-state index contributed by atoms with van der Waals surface area (Å²) in [5.41, 5.74) is 1.94. The Bertz CT molecular complexity index is 704. The molecule has 0 amide bonds. The van der Waals surface area contributed by atoms with Gasteiger partial charge in [0.25, 0.3) is 0 Å². The molecule has 2 aromatic rings. The number of hydrogen-bond donors (Lipinski definition) is 0. The van der Waals surface area contributed by atoms with Gasteiger partial charge in [0.1, 0.15) is 5.82 Å². The van der Waals surface area contributed by atoms with Crippen molar-refractivity contribution >= 4 is 11.6 Å². The molecule has 0 radical (unpaired) electrons. The predicted octanol–water partition coefficient (Wildman–Crippen LogP) is 6.18. The predicted molar refractivity (Wildman–Crippen MR) is 96.6 cm³/mol. The molecule has 1 aromatic heterocycles. The second kappa shape index (κ2) is 7.89. The van der Waals surface area contributed by atoms with Gasteiger partial charge in [-0.05, 0) is 67.7 Å². The van der Waals surface area contributed by atoms with Crippen molar-refractivity contribution in [2.45, 2.75) is 44.9 Å². The van der Waals surface area contributed by atoms with E-state index in [4.69, 9.17) is 11.6 Å². The van der Waals surface area contributed by atoms with Crippen LogP contribution in [-0.2, 0) is 0 Å². The smallest absolute Gasteiger partial charge is 0.159 e. The molecule has 1 aromatic carbocycles. The second-order valence-corrected chi connectivity index (χ2v) is 6.82. The van der Waals surface area contributed by atoms with Crippen molar-refractivity contribution in [3.8, 4) is 11.4 Å². The van der Waals surface area contributed by atoms with Gasteiger partial charge in [-0.1, -0.05) is 30.7 Å². The van der Waals surface area contributed by atoms with E-state index in [1.165, 1.54) is 37.3 Å². The molecule has 1 saturated carbocycles. The van der Waals surface area contributed by atoms with E-state index < -0.39 is 5.82 Å². The molecule has 1 aliphatic rings. The maximum atomic E-state index is 13.3. The number of rotatable bonds is 4. The zero-order valence-corrected chi connectivity index (χ0v) is 14.6. The third-order valence-corrected chi connectivity index (χ3v) is 5.03. The van der Waals surface area contributed by atoms with Crippen LogP contribution in [0.3, 0.4) is 0 Å². The quantitative estimate of drug-likeness (QED) is 0.619. The van der Waals surface area contributed by atoms with Crippen LogP contribution >= 0.6 is 11.6 Å². The summed E-state index contributed by atoms with van der Waals surface area (Å²) in [6.07, 6.45) is 14.4. The number of aromatic nitrogens is 2. The van der Waals surface area contributed by atoms with E-state index in [1.54, 1.807) is 12.1 Å². The highest BCUT2D eigenvalue weighted by Gasteiger charge is 2.21. The van der Waals surface area contributed by atoms with Crippen molar-refractivity contribution in [2.75, 3.05) is 0 Å². The highest BCUT2D eigenvalue weighted by atomic mass is 35.5. The van der Waals surface area contributed by atoms with Crippen LogP contribution in [0.4, 0.5) is 4.39 Å². The summed E-state index contributed by atoms with van der Waals surface area (Å²) >= 11 is 5.83. The van der Waals surface area contributed by atoms with E-state index in [9.17, 15) is 4.39 Å². The Hall–Kier alpha value is -1.74. The fourth-order valence-electron chi connectivity index (χ4n) is 3.31. The topological polar surface area (TPSA) is 25.8 Å². The first-order chi connectivity index (χ1) is 11.7. The SMILES string of the molecule is CCC=CC1CCC(c2cnc(-c3ccc(F)c(Cl)c3)nc2)CC1. The monoisotopic (exact) mass is 344 g/mol. The Morgan fingerprint density at radius 2 is 1.88 bits per heavy atom. The first-order valence-electron chi connectivity index (χ1n) is 8.61. The van der Waals surface area contributed by atoms with Gasteiger partial charge in [-0.3, -0.25) is 0 Å². The van der Waals surface area contributed by atoms with E-state index in [0.717, 1.165) is 17.9 Å². The maximum Gasteiger partial charge on any atom is 0.159 e. The molecule has 4 heteroatoms. The van der Waals surface area contributed by atoms with E-state index in [1.807, 2.05) is 12.4 Å². The van der Waals surface area contributed by atoms with Gasteiger partial charge in [0.2, 0.25) is 0 Å². The van der Waals surface area contributed by atoms with Gasteiger partial charge in [-0.15, -0.1) is 0 Å². The summed E-state index contributed by atoms with van der Waals surface area (Å²) in [6, 6.07) is 4.57. The average Bonchev–Trinajstić information content (AvgIpc) is 2.63. The number of halogens is 2. The zero-order chi connectivity index (χ0) is 16.9. The minimum absolute atomic E-state index is 0.0960. The molecule has 3 rings (SSSR count). The van der Waals surface area contributed by atoms with Crippen molar-refractivity contribution in [3.05, 3.63) is 59.1 Å². The summed E-state index contributed by atoms with van der Waals surface area (Å²) in [6.45, 7) is 2.18. The molecule has 1 aliphatic carbocycles. The highest BCUT2D eigenvalue weighted by molar-refractivity contribution is 6.31. The van der Waals surface area contributed by atoms with Gasteiger partial charge in [-0.25, -0.2) is 14.4 Å². The van der Waals surface area contributed by atoms with Crippen molar-refractivity contribution in [2.24, 2.45) is 5.92 Å². The summed E-state index contributed by atoms with van der Waals surface area (Å²) in [7, 11) is 0. The largest absolute Gasteiger partial charge is 0.236 e. The molecule has 126 valence electrons. The molecule has 0 bridgehead atoms. The minimum atomic E-state index is -0.425. The van der Waals surface area contributed by atoms with Gasteiger partial charge >= 0.3 is 0 Å². The van der Waals surface area contributed by atoms with E-state index in [2.05, 4.69) is 29.0 Å². The van der Waals surface area contributed by atoms with Gasteiger partial charge in [0.05, 0.1) is 5.02 Å². The summed E-state index contributed by atoms with van der Waals surface area (Å²) in [5.74, 6) is 1.43. The molecule has 0 aliphatic heterocycles. The standard InChI is InChI=1S/C20H22ClFN2/c1-2-3-4-14-5-7-15(8-6-14)17-12-23-20(24-13-17)16-9-10-19(22)18(21)11-16/h3-4,9-15H,2,5-8H2,1H3. The van der Waals surface area contributed by atoms with Crippen LogP contribution in [0, 0.1) is 11.7 Å². The molecule has 0 spiro atoms. The lowest BCUT2D eigenvalue weighted by Gasteiger charge is -2.26. The summed E-state index contributed by atoms with van der Waals surface area (Å²) < 4.78 is 13.3. The second-order valence-electron chi connectivity index (χ2n) is 6.42. The highest BCUT2D eigenvalue weighted by Crippen LogP contribution is 2.36. The van der Waals surface area contributed by atoms with Crippen LogP contribution in [0.2, 0.25) is 5.02 Å². The van der Waals surface area contributed by atoms with Crippen LogP contribution in [0.1, 0.15) is 50.5 Å².